The SMILES string of the molecule is Cc1cc(C(=O)NC(C)C(F)(F)F)nc2c1N1CC[C@@H](C1)N2. The molecule has 0 aromatic carbocycles. The highest BCUT2D eigenvalue weighted by molar-refractivity contribution is 5.94. The van der Waals surface area contributed by atoms with E-state index >= 15 is 0 Å². The molecule has 3 heterocycles. The van der Waals surface area contributed by atoms with E-state index < -0.39 is 18.1 Å². The number of aromatic nitrogens is 1. The maximum atomic E-state index is 12.5. The van der Waals surface area contributed by atoms with Crippen molar-refractivity contribution < 1.29 is 18.0 Å². The molecule has 3 rings (SSSR count). The van der Waals surface area contributed by atoms with E-state index in [-0.39, 0.29) is 11.7 Å². The number of hydrogen-bond donors (Lipinski definition) is 2. The standard InChI is InChI=1S/C14H17F3N4O/c1-7-5-10(13(22)18-8(2)14(15,16)17)20-12-11(7)21-4-3-9(6-21)19-12/h5,8-9H,3-4,6H2,1-2H3,(H,18,22)(H,19,20)/t8?,9-/m0/s1. The van der Waals surface area contributed by atoms with Crippen LogP contribution in [-0.4, -0.2) is 42.2 Å². The fourth-order valence-electron chi connectivity index (χ4n) is 2.91. The lowest BCUT2D eigenvalue weighted by Gasteiger charge is -2.29. The molecule has 1 saturated heterocycles. The van der Waals surface area contributed by atoms with E-state index in [0.717, 1.165) is 37.7 Å². The third-order valence-electron chi connectivity index (χ3n) is 4.10. The summed E-state index contributed by atoms with van der Waals surface area (Å²) in [6.07, 6.45) is -3.48. The summed E-state index contributed by atoms with van der Waals surface area (Å²) in [6.45, 7) is 4.56. The zero-order chi connectivity index (χ0) is 16.1. The number of carbonyl (C=O) groups excluding carboxylic acids is 1. The minimum atomic E-state index is -4.47. The molecule has 22 heavy (non-hydrogen) atoms. The first-order valence-corrected chi connectivity index (χ1v) is 7.16. The van der Waals surface area contributed by atoms with Crippen LogP contribution in [0.5, 0.6) is 0 Å². The molecule has 1 aromatic rings. The summed E-state index contributed by atoms with van der Waals surface area (Å²) in [6, 6.07) is -0.0877. The van der Waals surface area contributed by atoms with Gasteiger partial charge < -0.3 is 15.5 Å². The van der Waals surface area contributed by atoms with Gasteiger partial charge in [-0.3, -0.25) is 4.79 Å². The first kappa shape index (κ1) is 14.9. The zero-order valence-electron chi connectivity index (χ0n) is 12.3. The largest absolute Gasteiger partial charge is 0.408 e. The molecule has 2 atom stereocenters. The summed E-state index contributed by atoms with van der Waals surface area (Å²) in [5.41, 5.74) is 1.78. The normalized spacial score (nSPS) is 21.1. The van der Waals surface area contributed by atoms with Crippen molar-refractivity contribution in [1.82, 2.24) is 10.3 Å². The van der Waals surface area contributed by atoms with Crippen molar-refractivity contribution in [3.8, 4) is 0 Å². The number of fused-ring (bicyclic) bond motifs is 4. The van der Waals surface area contributed by atoms with Crippen molar-refractivity contribution in [2.75, 3.05) is 23.3 Å². The Morgan fingerprint density at radius 2 is 2.27 bits per heavy atom. The van der Waals surface area contributed by atoms with E-state index in [4.69, 9.17) is 0 Å². The second-order valence-corrected chi connectivity index (χ2v) is 5.83. The lowest BCUT2D eigenvalue weighted by atomic mass is 10.1. The molecule has 2 aliphatic heterocycles. The second kappa shape index (κ2) is 5.03. The van der Waals surface area contributed by atoms with Crippen molar-refractivity contribution in [2.24, 2.45) is 0 Å². The summed E-state index contributed by atoms with van der Waals surface area (Å²) in [5.74, 6) is -0.232. The average Bonchev–Trinajstić information content (AvgIpc) is 2.78. The van der Waals surface area contributed by atoms with Gasteiger partial charge in [0.2, 0.25) is 0 Å². The Balaban J connectivity index is 1.86. The van der Waals surface area contributed by atoms with Gasteiger partial charge in [0.1, 0.15) is 11.7 Å². The van der Waals surface area contributed by atoms with Gasteiger partial charge >= 0.3 is 6.18 Å². The number of pyridine rings is 1. The summed E-state index contributed by atoms with van der Waals surface area (Å²) >= 11 is 0. The van der Waals surface area contributed by atoms with Crippen LogP contribution < -0.4 is 15.5 Å². The molecule has 120 valence electrons. The molecule has 2 bridgehead atoms. The number of nitrogens with one attached hydrogen (secondary N) is 2. The number of halogens is 3. The molecule has 1 fully saturated rings. The highest BCUT2D eigenvalue weighted by Crippen LogP contribution is 2.37. The smallest absolute Gasteiger partial charge is 0.366 e. The molecule has 1 unspecified atom stereocenters. The van der Waals surface area contributed by atoms with E-state index in [2.05, 4.69) is 15.2 Å². The Morgan fingerprint density at radius 1 is 1.55 bits per heavy atom. The number of aryl methyl sites for hydroxylation is 1. The van der Waals surface area contributed by atoms with E-state index in [0.29, 0.717) is 5.82 Å². The average molecular weight is 314 g/mol. The Kier molecular flexibility index (Phi) is 3.41. The Labute approximate surface area is 125 Å². The van der Waals surface area contributed by atoms with Gasteiger partial charge in [-0.05, 0) is 31.9 Å². The fourth-order valence-corrected chi connectivity index (χ4v) is 2.91. The van der Waals surface area contributed by atoms with Gasteiger partial charge in [0, 0.05) is 19.1 Å². The molecule has 8 heteroatoms. The van der Waals surface area contributed by atoms with Gasteiger partial charge in [0.05, 0.1) is 5.69 Å². The number of hydrogen-bond acceptors (Lipinski definition) is 4. The molecule has 0 saturated carbocycles. The molecular weight excluding hydrogens is 297 g/mol. The number of amides is 1. The predicted molar refractivity (Wildman–Crippen MR) is 76.2 cm³/mol. The molecule has 0 spiro atoms. The molecule has 1 amide bonds. The molecule has 5 nitrogen and oxygen atoms in total. The quantitative estimate of drug-likeness (QED) is 0.877. The van der Waals surface area contributed by atoms with Crippen LogP contribution in [0.3, 0.4) is 0 Å². The van der Waals surface area contributed by atoms with Crippen LogP contribution >= 0.6 is 0 Å². The number of carbonyl (C=O) groups is 1. The maximum absolute atomic E-state index is 12.5. The lowest BCUT2D eigenvalue weighted by Crippen LogP contribution is -2.43. The summed E-state index contributed by atoms with van der Waals surface area (Å²) < 4.78 is 37.6. The van der Waals surface area contributed by atoms with Crippen LogP contribution in [0.4, 0.5) is 24.7 Å². The topological polar surface area (TPSA) is 57.3 Å². The molecular formula is C14H17F3N4O. The van der Waals surface area contributed by atoms with Gasteiger partial charge in [-0.2, -0.15) is 13.2 Å². The van der Waals surface area contributed by atoms with Crippen LogP contribution in [-0.2, 0) is 0 Å². The number of alkyl halides is 3. The summed E-state index contributed by atoms with van der Waals surface area (Å²) in [5, 5.41) is 5.19. The van der Waals surface area contributed by atoms with E-state index in [9.17, 15) is 18.0 Å². The maximum Gasteiger partial charge on any atom is 0.408 e. The van der Waals surface area contributed by atoms with Crippen LogP contribution in [0, 0.1) is 6.92 Å². The third kappa shape index (κ3) is 2.57. The molecule has 2 N–H and O–H groups in total. The van der Waals surface area contributed by atoms with E-state index in [1.165, 1.54) is 6.07 Å². The number of rotatable bonds is 2. The minimum Gasteiger partial charge on any atom is -0.366 e. The molecule has 1 aromatic heterocycles. The molecule has 0 radical (unpaired) electrons. The van der Waals surface area contributed by atoms with Gasteiger partial charge in [0.25, 0.3) is 5.91 Å². The van der Waals surface area contributed by atoms with Crippen molar-refractivity contribution in [3.63, 3.8) is 0 Å². The fraction of sp³-hybridized carbons (Fsp3) is 0.571. The Bertz CT molecular complexity index is 617. The van der Waals surface area contributed by atoms with E-state index in [1.54, 1.807) is 0 Å². The van der Waals surface area contributed by atoms with Crippen molar-refractivity contribution in [1.29, 1.82) is 0 Å². The van der Waals surface area contributed by atoms with E-state index in [1.807, 2.05) is 12.2 Å². The van der Waals surface area contributed by atoms with Gasteiger partial charge in [-0.15, -0.1) is 0 Å². The van der Waals surface area contributed by atoms with Gasteiger partial charge in [-0.1, -0.05) is 0 Å². The van der Waals surface area contributed by atoms with Crippen molar-refractivity contribution in [3.05, 3.63) is 17.3 Å². The summed E-state index contributed by atoms with van der Waals surface area (Å²) in [7, 11) is 0. The predicted octanol–water partition coefficient (Wildman–Crippen LogP) is 2.07. The highest BCUT2D eigenvalue weighted by atomic mass is 19.4. The summed E-state index contributed by atoms with van der Waals surface area (Å²) in [4.78, 5) is 18.4. The first-order valence-electron chi connectivity index (χ1n) is 7.16. The molecule has 2 aliphatic rings. The molecule has 0 aliphatic carbocycles. The number of nitrogens with zero attached hydrogens (tertiary/aromatic N) is 2. The lowest BCUT2D eigenvalue weighted by molar-refractivity contribution is -0.149. The highest BCUT2D eigenvalue weighted by Gasteiger charge is 2.38. The van der Waals surface area contributed by atoms with Crippen molar-refractivity contribution >= 4 is 17.4 Å². The van der Waals surface area contributed by atoms with Crippen LogP contribution in [0.25, 0.3) is 0 Å². The Hall–Kier alpha value is -1.99. The third-order valence-corrected chi connectivity index (χ3v) is 4.10. The minimum absolute atomic E-state index is 0.00218. The van der Waals surface area contributed by atoms with Crippen LogP contribution in [0.15, 0.2) is 6.07 Å². The Morgan fingerprint density at radius 3 is 2.95 bits per heavy atom. The van der Waals surface area contributed by atoms with Crippen LogP contribution in [0.2, 0.25) is 0 Å². The van der Waals surface area contributed by atoms with Gasteiger partial charge in [-0.25, -0.2) is 4.98 Å². The van der Waals surface area contributed by atoms with Crippen molar-refractivity contribution in [2.45, 2.75) is 38.5 Å². The van der Waals surface area contributed by atoms with Crippen LogP contribution in [0.1, 0.15) is 29.4 Å². The number of anilines is 2. The monoisotopic (exact) mass is 314 g/mol. The second-order valence-electron chi connectivity index (χ2n) is 5.83. The first-order chi connectivity index (χ1) is 10.3. The van der Waals surface area contributed by atoms with Gasteiger partial charge in [0.15, 0.2) is 5.82 Å². The zero-order valence-corrected chi connectivity index (χ0v) is 12.3.